The molecule has 0 saturated carbocycles. The van der Waals surface area contributed by atoms with E-state index in [0.29, 0.717) is 13.0 Å². The third-order valence-corrected chi connectivity index (χ3v) is 3.40. The zero-order valence-electron chi connectivity index (χ0n) is 9.18. The number of ether oxygens (including phenoxy) is 1. The number of Topliss-reactive ketones (excluding diaryl/α,β-unsaturated/α-hetero) is 1. The molecule has 1 aromatic rings. The molecule has 2 rings (SSSR count). The molecular weight excluding hydrogens is 220 g/mol. The molecule has 0 radical (unpaired) electrons. The van der Waals surface area contributed by atoms with Crippen LogP contribution in [-0.4, -0.2) is 5.78 Å². The van der Waals surface area contributed by atoms with Gasteiger partial charge in [-0.25, -0.2) is 0 Å². The predicted molar refractivity (Wildman–Crippen MR) is 65.1 cm³/mol. The van der Waals surface area contributed by atoms with Gasteiger partial charge in [0.1, 0.15) is 12.4 Å². The Balaban J connectivity index is 1.89. The first-order chi connectivity index (χ1) is 7.75. The minimum absolute atomic E-state index is 0.0108. The number of thiophene rings is 1. The molecule has 1 aliphatic rings. The van der Waals surface area contributed by atoms with E-state index in [-0.39, 0.29) is 11.7 Å². The van der Waals surface area contributed by atoms with Crippen LogP contribution in [0.15, 0.2) is 41.5 Å². The van der Waals surface area contributed by atoms with E-state index in [4.69, 9.17) is 4.74 Å². The monoisotopic (exact) mass is 234 g/mol. The fourth-order valence-electron chi connectivity index (χ4n) is 1.59. The molecular formula is C13H14O2S. The average Bonchev–Trinajstić information content (AvgIpc) is 2.79. The molecule has 0 saturated heterocycles. The van der Waals surface area contributed by atoms with E-state index in [1.54, 1.807) is 18.3 Å². The summed E-state index contributed by atoms with van der Waals surface area (Å²) in [5, 5.41) is 2.03. The number of hydrogen-bond donors (Lipinski definition) is 0. The van der Waals surface area contributed by atoms with Gasteiger partial charge in [0.2, 0.25) is 0 Å². The van der Waals surface area contributed by atoms with Crippen LogP contribution in [-0.2, 0) is 16.1 Å². The minimum atomic E-state index is -0.0108. The Hall–Kier alpha value is -1.35. The van der Waals surface area contributed by atoms with Crippen molar-refractivity contribution in [2.75, 3.05) is 0 Å². The summed E-state index contributed by atoms with van der Waals surface area (Å²) in [6, 6.07) is 4.06. The van der Waals surface area contributed by atoms with Crippen LogP contribution in [0.25, 0.3) is 0 Å². The molecule has 0 bridgehead atoms. The lowest BCUT2D eigenvalue weighted by Crippen LogP contribution is -2.12. The van der Waals surface area contributed by atoms with E-state index in [1.165, 1.54) is 4.88 Å². The van der Waals surface area contributed by atoms with Crippen molar-refractivity contribution in [1.29, 1.82) is 0 Å². The first-order valence-electron chi connectivity index (χ1n) is 5.28. The second-order valence-corrected chi connectivity index (χ2v) is 4.84. The van der Waals surface area contributed by atoms with Gasteiger partial charge in [-0.2, -0.15) is 0 Å². The summed E-state index contributed by atoms with van der Waals surface area (Å²) in [6.07, 6.45) is 6.46. The van der Waals surface area contributed by atoms with Crippen molar-refractivity contribution in [3.63, 3.8) is 0 Å². The van der Waals surface area contributed by atoms with Crippen LogP contribution in [0.5, 0.6) is 0 Å². The maximum Gasteiger partial charge on any atom is 0.137 e. The lowest BCUT2D eigenvalue weighted by atomic mass is 9.96. The largest absolute Gasteiger partial charge is 0.492 e. The molecule has 0 amide bonds. The molecule has 84 valence electrons. The molecule has 1 aliphatic carbocycles. The second kappa shape index (κ2) is 5.12. The normalized spacial score (nSPS) is 19.3. The highest BCUT2D eigenvalue weighted by Gasteiger charge is 2.16. The summed E-state index contributed by atoms with van der Waals surface area (Å²) < 4.78 is 5.68. The number of carbonyl (C=O) groups is 1. The number of carbonyl (C=O) groups excluding carboxylic acids is 1. The summed E-state index contributed by atoms with van der Waals surface area (Å²) in [7, 11) is 0. The number of hydrogen-bond acceptors (Lipinski definition) is 3. The van der Waals surface area contributed by atoms with Crippen molar-refractivity contribution in [1.82, 2.24) is 0 Å². The van der Waals surface area contributed by atoms with Crippen molar-refractivity contribution in [3.8, 4) is 0 Å². The molecule has 0 N–H and O–H groups in total. The van der Waals surface area contributed by atoms with Gasteiger partial charge in [0.25, 0.3) is 0 Å². The summed E-state index contributed by atoms with van der Waals surface area (Å²) in [6.45, 7) is 2.22. The Kier molecular flexibility index (Phi) is 3.57. The highest BCUT2D eigenvalue weighted by atomic mass is 32.1. The molecule has 0 fully saturated rings. The quantitative estimate of drug-likeness (QED) is 0.799. The summed E-state index contributed by atoms with van der Waals surface area (Å²) >= 11 is 1.68. The van der Waals surface area contributed by atoms with Crippen LogP contribution in [0.1, 0.15) is 18.2 Å². The van der Waals surface area contributed by atoms with Crippen molar-refractivity contribution in [3.05, 3.63) is 46.4 Å². The summed E-state index contributed by atoms with van der Waals surface area (Å²) in [5.41, 5.74) is 0. The van der Waals surface area contributed by atoms with E-state index in [2.05, 4.69) is 0 Å². The molecule has 0 aromatic carbocycles. The third kappa shape index (κ3) is 2.83. The molecule has 0 aliphatic heterocycles. The van der Waals surface area contributed by atoms with Gasteiger partial charge in [0, 0.05) is 17.2 Å². The van der Waals surface area contributed by atoms with E-state index in [1.807, 2.05) is 35.7 Å². The fourth-order valence-corrected chi connectivity index (χ4v) is 2.21. The van der Waals surface area contributed by atoms with Crippen LogP contribution in [0.3, 0.4) is 0 Å². The standard InChI is InChI=1S/C13H14O2S/c1-10(14)11-4-2-5-12(8-11)15-9-13-6-3-7-16-13/h2-7,11H,8-9H2,1H3. The zero-order chi connectivity index (χ0) is 11.4. The average molecular weight is 234 g/mol. The number of ketones is 1. The van der Waals surface area contributed by atoms with E-state index < -0.39 is 0 Å². The Morgan fingerprint density at radius 1 is 1.62 bits per heavy atom. The van der Waals surface area contributed by atoms with Crippen molar-refractivity contribution < 1.29 is 9.53 Å². The van der Waals surface area contributed by atoms with Gasteiger partial charge in [0.05, 0.1) is 5.76 Å². The fraction of sp³-hybridized carbons (Fsp3) is 0.308. The van der Waals surface area contributed by atoms with Gasteiger partial charge in [-0.05, 0) is 24.4 Å². The minimum Gasteiger partial charge on any atom is -0.492 e. The smallest absolute Gasteiger partial charge is 0.137 e. The van der Waals surface area contributed by atoms with Gasteiger partial charge in [-0.1, -0.05) is 18.2 Å². The van der Waals surface area contributed by atoms with Gasteiger partial charge in [0.15, 0.2) is 0 Å². The molecule has 2 nitrogen and oxygen atoms in total. The molecule has 1 aromatic heterocycles. The molecule has 1 atom stereocenters. The topological polar surface area (TPSA) is 26.3 Å². The van der Waals surface area contributed by atoms with E-state index in [9.17, 15) is 4.79 Å². The molecule has 1 heterocycles. The van der Waals surface area contributed by atoms with Crippen LogP contribution in [0, 0.1) is 5.92 Å². The highest BCUT2D eigenvalue weighted by molar-refractivity contribution is 7.09. The van der Waals surface area contributed by atoms with E-state index in [0.717, 1.165) is 5.76 Å². The Bertz CT molecular complexity index is 415. The predicted octanol–water partition coefficient (Wildman–Crippen LogP) is 3.31. The molecule has 3 heteroatoms. The van der Waals surface area contributed by atoms with E-state index >= 15 is 0 Å². The second-order valence-electron chi connectivity index (χ2n) is 3.81. The van der Waals surface area contributed by atoms with Crippen molar-refractivity contribution in [2.45, 2.75) is 20.0 Å². The first kappa shape index (κ1) is 11.1. The first-order valence-corrected chi connectivity index (χ1v) is 6.16. The molecule has 1 unspecified atom stereocenters. The Morgan fingerprint density at radius 3 is 3.19 bits per heavy atom. The SMILES string of the molecule is CC(=O)C1C=CC=C(OCc2cccs2)C1. The summed E-state index contributed by atoms with van der Waals surface area (Å²) in [4.78, 5) is 12.4. The number of allylic oxidation sites excluding steroid dienone is 4. The Labute approximate surface area is 99.2 Å². The maximum absolute atomic E-state index is 11.2. The van der Waals surface area contributed by atoms with Gasteiger partial charge in [-0.3, -0.25) is 4.79 Å². The van der Waals surface area contributed by atoms with Gasteiger partial charge in [-0.15, -0.1) is 11.3 Å². The van der Waals surface area contributed by atoms with Crippen LogP contribution in [0.4, 0.5) is 0 Å². The Morgan fingerprint density at radius 2 is 2.50 bits per heavy atom. The van der Waals surface area contributed by atoms with Crippen molar-refractivity contribution >= 4 is 17.1 Å². The maximum atomic E-state index is 11.2. The highest BCUT2D eigenvalue weighted by Crippen LogP contribution is 2.22. The number of rotatable bonds is 4. The van der Waals surface area contributed by atoms with Crippen LogP contribution in [0.2, 0.25) is 0 Å². The summed E-state index contributed by atoms with van der Waals surface area (Å²) in [5.74, 6) is 1.08. The molecule has 16 heavy (non-hydrogen) atoms. The van der Waals surface area contributed by atoms with Gasteiger partial charge < -0.3 is 4.74 Å². The molecule has 0 spiro atoms. The van der Waals surface area contributed by atoms with Crippen LogP contribution < -0.4 is 0 Å². The zero-order valence-corrected chi connectivity index (χ0v) is 10.00. The lowest BCUT2D eigenvalue weighted by Gasteiger charge is -2.16. The van der Waals surface area contributed by atoms with Gasteiger partial charge >= 0.3 is 0 Å². The van der Waals surface area contributed by atoms with Crippen LogP contribution >= 0.6 is 11.3 Å². The third-order valence-electron chi connectivity index (χ3n) is 2.55. The lowest BCUT2D eigenvalue weighted by molar-refractivity contribution is -0.119. The van der Waals surface area contributed by atoms with Crippen molar-refractivity contribution in [2.24, 2.45) is 5.92 Å².